The van der Waals surface area contributed by atoms with Crippen molar-refractivity contribution in [3.05, 3.63) is 0 Å². The maximum atomic E-state index is 11.9. The van der Waals surface area contributed by atoms with Gasteiger partial charge in [-0.3, -0.25) is 4.79 Å². The lowest BCUT2D eigenvalue weighted by Crippen LogP contribution is -2.57. The highest BCUT2D eigenvalue weighted by Crippen LogP contribution is 2.28. The summed E-state index contributed by atoms with van der Waals surface area (Å²) in [5.74, 6) is -0.967. The molecule has 2 fully saturated rings. The lowest BCUT2D eigenvalue weighted by Gasteiger charge is -2.29. The van der Waals surface area contributed by atoms with Crippen LogP contribution in [0, 0.1) is 5.41 Å². The molecule has 2 heterocycles. The van der Waals surface area contributed by atoms with Crippen molar-refractivity contribution in [3.63, 3.8) is 0 Å². The Morgan fingerprint density at radius 3 is 2.58 bits per heavy atom. The van der Waals surface area contributed by atoms with E-state index in [1.807, 2.05) is 6.92 Å². The van der Waals surface area contributed by atoms with Crippen LogP contribution in [0.3, 0.4) is 0 Å². The van der Waals surface area contributed by atoms with Gasteiger partial charge in [0, 0.05) is 6.61 Å². The minimum Gasteiger partial charge on any atom is -0.481 e. The zero-order chi connectivity index (χ0) is 14.1. The molecule has 3 N–H and O–H groups in total. The number of rotatable bonds is 3. The molecular weight excluding hydrogens is 252 g/mol. The Balaban J connectivity index is 1.93. The Labute approximate surface area is 111 Å². The highest BCUT2D eigenvalue weighted by atomic mass is 16.5. The molecule has 0 aliphatic carbocycles. The number of carboxylic acids is 1. The van der Waals surface area contributed by atoms with Crippen LogP contribution in [0.15, 0.2) is 0 Å². The average molecular weight is 272 g/mol. The van der Waals surface area contributed by atoms with Crippen LogP contribution in [0.1, 0.15) is 20.3 Å². The van der Waals surface area contributed by atoms with E-state index in [2.05, 4.69) is 10.6 Å². The molecule has 19 heavy (non-hydrogen) atoms. The molecule has 7 nitrogen and oxygen atoms in total. The normalized spacial score (nSPS) is 38.1. The molecule has 0 radical (unpaired) electrons. The van der Waals surface area contributed by atoms with E-state index in [9.17, 15) is 14.7 Å². The maximum Gasteiger partial charge on any atom is 0.315 e. The van der Waals surface area contributed by atoms with Gasteiger partial charge in [0.05, 0.1) is 31.4 Å². The third kappa shape index (κ3) is 2.82. The van der Waals surface area contributed by atoms with Gasteiger partial charge in [0.25, 0.3) is 0 Å². The number of carbonyl (C=O) groups excluding carboxylic acids is 1. The second-order valence-corrected chi connectivity index (χ2v) is 5.75. The van der Waals surface area contributed by atoms with Gasteiger partial charge in [-0.2, -0.15) is 0 Å². The average Bonchev–Trinajstić information content (AvgIpc) is 2.87. The highest BCUT2D eigenvalue weighted by Gasteiger charge is 2.47. The fourth-order valence-electron chi connectivity index (χ4n) is 2.32. The summed E-state index contributed by atoms with van der Waals surface area (Å²) < 4.78 is 10.4. The summed E-state index contributed by atoms with van der Waals surface area (Å²) in [5, 5.41) is 14.7. The van der Waals surface area contributed by atoms with Crippen LogP contribution in [-0.4, -0.2) is 55.1 Å². The summed E-state index contributed by atoms with van der Waals surface area (Å²) in [6, 6.07) is -0.910. The molecule has 2 aliphatic heterocycles. The van der Waals surface area contributed by atoms with Crippen LogP contribution in [0.2, 0.25) is 0 Å². The van der Waals surface area contributed by atoms with Crippen LogP contribution >= 0.6 is 0 Å². The predicted molar refractivity (Wildman–Crippen MR) is 65.9 cm³/mol. The van der Waals surface area contributed by atoms with E-state index >= 15 is 0 Å². The number of hydrogen-bond donors (Lipinski definition) is 3. The van der Waals surface area contributed by atoms with E-state index in [1.165, 1.54) is 0 Å². The Morgan fingerprint density at radius 2 is 2.00 bits per heavy atom. The monoisotopic (exact) mass is 272 g/mol. The Hall–Kier alpha value is -1.34. The number of carboxylic acid groups (broad SMARTS) is 1. The van der Waals surface area contributed by atoms with E-state index in [0.29, 0.717) is 13.2 Å². The number of hydrogen-bond acceptors (Lipinski definition) is 4. The number of amides is 2. The molecule has 2 rings (SSSR count). The second kappa shape index (κ2) is 4.97. The van der Waals surface area contributed by atoms with Crippen molar-refractivity contribution in [2.45, 2.75) is 31.8 Å². The number of urea groups is 1. The Morgan fingerprint density at radius 1 is 1.26 bits per heavy atom. The van der Waals surface area contributed by atoms with Crippen LogP contribution in [0.25, 0.3) is 0 Å². The van der Waals surface area contributed by atoms with E-state index in [1.54, 1.807) is 6.92 Å². The van der Waals surface area contributed by atoms with E-state index < -0.39 is 17.4 Å². The third-order valence-electron chi connectivity index (χ3n) is 3.88. The summed E-state index contributed by atoms with van der Waals surface area (Å²) in [6.45, 7) is 4.89. The zero-order valence-electron chi connectivity index (χ0n) is 11.2. The molecule has 0 aromatic carbocycles. The number of nitrogens with one attached hydrogen (secondary N) is 2. The summed E-state index contributed by atoms with van der Waals surface area (Å²) in [4.78, 5) is 23.2. The molecule has 0 aromatic heterocycles. The van der Waals surface area contributed by atoms with Crippen LogP contribution < -0.4 is 10.6 Å². The second-order valence-electron chi connectivity index (χ2n) is 5.75. The summed E-state index contributed by atoms with van der Waals surface area (Å²) in [6.07, 6.45) is 0.748. The fraction of sp³-hybridized carbons (Fsp3) is 0.833. The van der Waals surface area contributed by atoms with Crippen molar-refractivity contribution in [2.24, 2.45) is 5.41 Å². The van der Waals surface area contributed by atoms with Crippen molar-refractivity contribution in [2.75, 3.05) is 26.4 Å². The van der Waals surface area contributed by atoms with Gasteiger partial charge in [-0.05, 0) is 20.3 Å². The zero-order valence-corrected chi connectivity index (χ0v) is 11.2. The van der Waals surface area contributed by atoms with Crippen molar-refractivity contribution in [3.8, 4) is 0 Å². The molecule has 0 spiro atoms. The highest BCUT2D eigenvalue weighted by molar-refractivity contribution is 5.79. The first-order valence-corrected chi connectivity index (χ1v) is 6.33. The van der Waals surface area contributed by atoms with Gasteiger partial charge in [0.1, 0.15) is 5.41 Å². The first-order chi connectivity index (χ1) is 8.86. The van der Waals surface area contributed by atoms with Crippen molar-refractivity contribution >= 4 is 12.0 Å². The van der Waals surface area contributed by atoms with Crippen molar-refractivity contribution < 1.29 is 24.2 Å². The van der Waals surface area contributed by atoms with Gasteiger partial charge in [0.2, 0.25) is 0 Å². The van der Waals surface area contributed by atoms with E-state index in [4.69, 9.17) is 9.47 Å². The van der Waals surface area contributed by atoms with Gasteiger partial charge in [-0.25, -0.2) is 4.79 Å². The maximum absolute atomic E-state index is 11.9. The van der Waals surface area contributed by atoms with E-state index in [0.717, 1.165) is 6.42 Å². The van der Waals surface area contributed by atoms with Gasteiger partial charge in [-0.1, -0.05) is 0 Å². The number of ether oxygens (including phenoxy) is 2. The molecule has 3 atom stereocenters. The molecule has 0 bridgehead atoms. The standard InChI is InChI=1S/C12H20N2O5/c1-11(3-4-18-6-11)14-10(17)13-8-5-19-7-12(8,2)9(15)16/h8H,3-7H2,1-2H3,(H,15,16)(H2,13,14,17). The first-order valence-electron chi connectivity index (χ1n) is 6.33. The lowest BCUT2D eigenvalue weighted by atomic mass is 9.85. The van der Waals surface area contributed by atoms with Crippen molar-refractivity contribution in [1.29, 1.82) is 0 Å². The lowest BCUT2D eigenvalue weighted by molar-refractivity contribution is -0.148. The Kier molecular flexibility index (Phi) is 3.69. The topological polar surface area (TPSA) is 96.9 Å². The van der Waals surface area contributed by atoms with Crippen LogP contribution in [-0.2, 0) is 14.3 Å². The molecular formula is C12H20N2O5. The SMILES string of the molecule is CC1(NC(=O)NC2COCC2(C)C(=O)O)CCOC1. The van der Waals surface area contributed by atoms with Gasteiger partial charge < -0.3 is 25.2 Å². The molecule has 108 valence electrons. The fourth-order valence-corrected chi connectivity index (χ4v) is 2.32. The first kappa shape index (κ1) is 14.1. The number of carbonyl (C=O) groups is 2. The quantitative estimate of drug-likeness (QED) is 0.669. The van der Waals surface area contributed by atoms with Crippen molar-refractivity contribution in [1.82, 2.24) is 10.6 Å². The molecule has 3 unspecified atom stereocenters. The third-order valence-corrected chi connectivity index (χ3v) is 3.88. The Bertz CT molecular complexity index is 380. The smallest absolute Gasteiger partial charge is 0.315 e. The van der Waals surface area contributed by atoms with Gasteiger partial charge in [0.15, 0.2) is 0 Å². The molecule has 2 saturated heterocycles. The minimum absolute atomic E-state index is 0.105. The van der Waals surface area contributed by atoms with E-state index in [-0.39, 0.29) is 24.8 Å². The largest absolute Gasteiger partial charge is 0.481 e. The van der Waals surface area contributed by atoms with Gasteiger partial charge in [-0.15, -0.1) is 0 Å². The minimum atomic E-state index is -1.08. The molecule has 0 saturated carbocycles. The predicted octanol–water partition coefficient (Wildman–Crippen LogP) is -0.0457. The number of aliphatic carboxylic acids is 1. The molecule has 0 aromatic rings. The summed E-state index contributed by atoms with van der Waals surface area (Å²) >= 11 is 0. The molecule has 2 aliphatic rings. The van der Waals surface area contributed by atoms with Crippen LogP contribution in [0.4, 0.5) is 4.79 Å². The molecule has 7 heteroatoms. The summed E-state index contributed by atoms with van der Waals surface area (Å²) in [5.41, 5.74) is -1.46. The molecule has 2 amide bonds. The van der Waals surface area contributed by atoms with Crippen LogP contribution in [0.5, 0.6) is 0 Å². The summed E-state index contributed by atoms with van der Waals surface area (Å²) in [7, 11) is 0. The van der Waals surface area contributed by atoms with Gasteiger partial charge >= 0.3 is 12.0 Å².